The molecule has 0 radical (unpaired) electrons. The summed E-state index contributed by atoms with van der Waals surface area (Å²) < 4.78 is 0. The molecule has 1 aliphatic heterocycles. The molecule has 1 aromatic rings. The van der Waals surface area contributed by atoms with Crippen LogP contribution >= 0.6 is 0 Å². The number of rotatable bonds is 5. The van der Waals surface area contributed by atoms with Gasteiger partial charge in [-0.05, 0) is 50.3 Å². The Hall–Kier alpha value is -0.900. The number of benzene rings is 1. The van der Waals surface area contributed by atoms with Gasteiger partial charge in [0.1, 0.15) is 0 Å². The zero-order chi connectivity index (χ0) is 14.4. The third kappa shape index (κ3) is 4.89. The summed E-state index contributed by atoms with van der Waals surface area (Å²) in [6.45, 7) is 5.22. The van der Waals surface area contributed by atoms with Crippen LogP contribution < -0.4 is 5.73 Å². The number of hydrogen-bond acceptors (Lipinski definition) is 3. The molecule has 1 saturated heterocycles. The van der Waals surface area contributed by atoms with E-state index in [4.69, 9.17) is 5.73 Å². The molecule has 0 amide bonds. The Morgan fingerprint density at radius 3 is 2.75 bits per heavy atom. The van der Waals surface area contributed by atoms with Gasteiger partial charge < -0.3 is 15.7 Å². The fourth-order valence-electron chi connectivity index (χ4n) is 2.93. The van der Waals surface area contributed by atoms with Crippen molar-refractivity contribution in [2.75, 3.05) is 19.6 Å². The molecule has 1 heterocycles. The minimum atomic E-state index is -0.441. The molecule has 3 atom stereocenters. The first-order valence-electron chi connectivity index (χ1n) is 7.85. The molecule has 1 aromatic carbocycles. The van der Waals surface area contributed by atoms with Gasteiger partial charge in [-0.25, -0.2) is 0 Å². The quantitative estimate of drug-likeness (QED) is 0.865. The lowest BCUT2D eigenvalue weighted by molar-refractivity contribution is 0.0919. The lowest BCUT2D eigenvalue weighted by atomic mass is 10.0. The molecule has 0 aliphatic carbocycles. The number of β-amino-alcohol motifs (C(OH)–C–C–N with tert-alkyl or cyclic N) is 1. The molecule has 2 rings (SSSR count). The third-order valence-corrected chi connectivity index (χ3v) is 4.36. The van der Waals surface area contributed by atoms with Crippen LogP contribution in [0.15, 0.2) is 30.3 Å². The van der Waals surface area contributed by atoms with Gasteiger partial charge >= 0.3 is 0 Å². The Kier molecular flexibility index (Phi) is 6.02. The maximum Gasteiger partial charge on any atom is 0.0820 e. The largest absolute Gasteiger partial charge is 0.390 e. The molecule has 0 spiro atoms. The molecule has 3 N–H and O–H groups in total. The molecule has 3 heteroatoms. The normalized spacial score (nSPS) is 24.1. The highest BCUT2D eigenvalue weighted by Gasteiger charge is 2.20. The van der Waals surface area contributed by atoms with Crippen molar-refractivity contribution in [3.8, 4) is 0 Å². The molecule has 1 fully saturated rings. The van der Waals surface area contributed by atoms with Gasteiger partial charge in [0, 0.05) is 12.6 Å². The molecular weight excluding hydrogens is 248 g/mol. The fraction of sp³-hybridized carbons (Fsp3) is 0.647. The average molecular weight is 276 g/mol. The number of aliphatic hydroxyl groups is 1. The Morgan fingerprint density at radius 2 is 2.00 bits per heavy atom. The first-order chi connectivity index (χ1) is 9.65. The van der Waals surface area contributed by atoms with Gasteiger partial charge in [-0.2, -0.15) is 0 Å². The summed E-state index contributed by atoms with van der Waals surface area (Å²) in [5, 5.41) is 10.3. The summed E-state index contributed by atoms with van der Waals surface area (Å²) in [5.74, 6) is 0.815. The second kappa shape index (κ2) is 7.77. The van der Waals surface area contributed by atoms with Crippen molar-refractivity contribution in [2.45, 2.75) is 44.8 Å². The van der Waals surface area contributed by atoms with Gasteiger partial charge in [-0.15, -0.1) is 0 Å². The van der Waals surface area contributed by atoms with E-state index in [0.29, 0.717) is 6.54 Å². The summed E-state index contributed by atoms with van der Waals surface area (Å²) in [6, 6.07) is 10.00. The summed E-state index contributed by atoms with van der Waals surface area (Å²) in [5.41, 5.74) is 7.35. The lowest BCUT2D eigenvalue weighted by Gasteiger charge is -2.26. The maximum absolute atomic E-state index is 10.3. The minimum absolute atomic E-state index is 0.182. The van der Waals surface area contributed by atoms with E-state index >= 15 is 0 Å². The number of nitrogens with two attached hydrogens (primary N) is 1. The van der Waals surface area contributed by atoms with E-state index in [2.05, 4.69) is 24.0 Å². The highest BCUT2D eigenvalue weighted by molar-refractivity contribution is 5.16. The van der Waals surface area contributed by atoms with E-state index in [1.807, 2.05) is 18.2 Å². The Bertz CT molecular complexity index is 382. The van der Waals surface area contributed by atoms with Crippen molar-refractivity contribution < 1.29 is 5.11 Å². The van der Waals surface area contributed by atoms with Gasteiger partial charge in [0.2, 0.25) is 0 Å². The van der Waals surface area contributed by atoms with E-state index in [0.717, 1.165) is 25.4 Å². The first-order valence-corrected chi connectivity index (χ1v) is 7.85. The summed E-state index contributed by atoms with van der Waals surface area (Å²) in [6.07, 6.45) is 4.08. The van der Waals surface area contributed by atoms with E-state index in [9.17, 15) is 5.11 Å². The van der Waals surface area contributed by atoms with Crippen LogP contribution in [0, 0.1) is 5.92 Å². The van der Waals surface area contributed by atoms with Gasteiger partial charge in [0.15, 0.2) is 0 Å². The van der Waals surface area contributed by atoms with Crippen LogP contribution in [0.5, 0.6) is 0 Å². The van der Waals surface area contributed by atoms with Gasteiger partial charge in [-0.1, -0.05) is 37.3 Å². The Balaban J connectivity index is 1.80. The predicted octanol–water partition coefficient (Wildman–Crippen LogP) is 2.04. The van der Waals surface area contributed by atoms with Crippen LogP contribution in [0.2, 0.25) is 0 Å². The highest BCUT2D eigenvalue weighted by Crippen LogP contribution is 2.17. The molecule has 3 unspecified atom stereocenters. The Morgan fingerprint density at radius 1 is 1.25 bits per heavy atom. The molecule has 112 valence electrons. The van der Waals surface area contributed by atoms with E-state index in [-0.39, 0.29) is 6.04 Å². The van der Waals surface area contributed by atoms with E-state index < -0.39 is 6.10 Å². The SMILES string of the molecule is CC1CCCN(CC(O)C(N)Cc2ccccc2)CC1. The molecule has 3 nitrogen and oxygen atoms in total. The van der Waals surface area contributed by atoms with Gasteiger partial charge in [0.25, 0.3) is 0 Å². The fourth-order valence-corrected chi connectivity index (χ4v) is 2.93. The topological polar surface area (TPSA) is 49.5 Å². The zero-order valence-electron chi connectivity index (χ0n) is 12.5. The number of hydrogen-bond donors (Lipinski definition) is 2. The standard InChI is InChI=1S/C17H28N2O/c1-14-6-5-10-19(11-9-14)13-17(20)16(18)12-15-7-3-2-4-8-15/h2-4,7-8,14,16-17,20H,5-6,9-13,18H2,1H3. The smallest absolute Gasteiger partial charge is 0.0820 e. The van der Waals surface area contributed by atoms with Crippen molar-refractivity contribution >= 4 is 0 Å². The second-order valence-electron chi connectivity index (χ2n) is 6.26. The van der Waals surface area contributed by atoms with Crippen LogP contribution in [0.25, 0.3) is 0 Å². The van der Waals surface area contributed by atoms with E-state index in [1.165, 1.54) is 24.8 Å². The summed E-state index contributed by atoms with van der Waals surface area (Å²) in [4.78, 5) is 2.37. The van der Waals surface area contributed by atoms with Crippen molar-refractivity contribution in [3.05, 3.63) is 35.9 Å². The van der Waals surface area contributed by atoms with Crippen LogP contribution in [-0.2, 0) is 6.42 Å². The third-order valence-electron chi connectivity index (χ3n) is 4.36. The molecular formula is C17H28N2O. The lowest BCUT2D eigenvalue weighted by Crippen LogP contribution is -2.45. The van der Waals surface area contributed by atoms with Crippen molar-refractivity contribution in [3.63, 3.8) is 0 Å². The molecule has 1 aliphatic rings. The van der Waals surface area contributed by atoms with Gasteiger partial charge in [0.05, 0.1) is 6.10 Å². The second-order valence-corrected chi connectivity index (χ2v) is 6.26. The van der Waals surface area contributed by atoms with Crippen LogP contribution in [-0.4, -0.2) is 41.8 Å². The summed E-state index contributed by atoms with van der Waals surface area (Å²) >= 11 is 0. The Labute approximate surface area is 122 Å². The molecule has 0 aromatic heterocycles. The summed E-state index contributed by atoms with van der Waals surface area (Å²) in [7, 11) is 0. The van der Waals surface area contributed by atoms with Crippen molar-refractivity contribution in [2.24, 2.45) is 11.7 Å². The van der Waals surface area contributed by atoms with Crippen LogP contribution in [0.4, 0.5) is 0 Å². The number of likely N-dealkylation sites (tertiary alicyclic amines) is 1. The number of aliphatic hydroxyl groups excluding tert-OH is 1. The first kappa shape index (κ1) is 15.5. The van der Waals surface area contributed by atoms with Gasteiger partial charge in [-0.3, -0.25) is 0 Å². The molecule has 0 bridgehead atoms. The molecule has 0 saturated carbocycles. The highest BCUT2D eigenvalue weighted by atomic mass is 16.3. The van der Waals surface area contributed by atoms with E-state index in [1.54, 1.807) is 0 Å². The number of nitrogens with zero attached hydrogens (tertiary/aromatic N) is 1. The van der Waals surface area contributed by atoms with Crippen LogP contribution in [0.1, 0.15) is 31.7 Å². The van der Waals surface area contributed by atoms with Crippen molar-refractivity contribution in [1.29, 1.82) is 0 Å². The molecule has 20 heavy (non-hydrogen) atoms. The predicted molar refractivity (Wildman–Crippen MR) is 83.6 cm³/mol. The van der Waals surface area contributed by atoms with Crippen molar-refractivity contribution in [1.82, 2.24) is 4.90 Å². The zero-order valence-corrected chi connectivity index (χ0v) is 12.5. The van der Waals surface area contributed by atoms with Crippen LogP contribution in [0.3, 0.4) is 0 Å². The monoisotopic (exact) mass is 276 g/mol. The minimum Gasteiger partial charge on any atom is -0.390 e. The maximum atomic E-state index is 10.3. The average Bonchev–Trinajstić information content (AvgIpc) is 2.65.